The maximum absolute atomic E-state index is 14.0. The number of carbonyl (C=O) groups excluding carboxylic acids is 1. The molecule has 1 aromatic rings. The molecular formula is C14H17ClFNO2. The Kier molecular flexibility index (Phi) is 4.77. The number of methoxy groups -OCH3 is 1. The fourth-order valence-electron chi connectivity index (χ4n) is 2.22. The Morgan fingerprint density at radius 3 is 2.68 bits per heavy atom. The van der Waals surface area contributed by atoms with E-state index in [1.54, 1.807) is 13.2 Å². The summed E-state index contributed by atoms with van der Waals surface area (Å²) in [7, 11) is 1.62. The van der Waals surface area contributed by atoms with E-state index in [4.69, 9.17) is 16.3 Å². The number of carbonyl (C=O) groups is 1. The van der Waals surface area contributed by atoms with E-state index in [-0.39, 0.29) is 11.6 Å². The molecule has 0 aromatic heterocycles. The minimum Gasteiger partial charge on any atom is -0.384 e. The molecule has 1 heterocycles. The average molecular weight is 286 g/mol. The molecule has 1 aliphatic rings. The molecule has 0 N–H and O–H groups in total. The van der Waals surface area contributed by atoms with Crippen molar-refractivity contribution in [1.82, 2.24) is 0 Å². The molecule has 0 unspecified atom stereocenters. The van der Waals surface area contributed by atoms with Crippen molar-refractivity contribution in [3.05, 3.63) is 28.5 Å². The summed E-state index contributed by atoms with van der Waals surface area (Å²) >= 11 is 6.03. The lowest BCUT2D eigenvalue weighted by Crippen LogP contribution is -2.34. The van der Waals surface area contributed by atoms with Crippen LogP contribution >= 0.6 is 11.6 Å². The second-order valence-corrected chi connectivity index (χ2v) is 5.07. The highest BCUT2D eigenvalue weighted by Crippen LogP contribution is 2.29. The van der Waals surface area contributed by atoms with Gasteiger partial charge >= 0.3 is 0 Å². The van der Waals surface area contributed by atoms with Gasteiger partial charge in [-0.3, -0.25) is 4.79 Å². The van der Waals surface area contributed by atoms with Crippen LogP contribution < -0.4 is 4.90 Å². The summed E-state index contributed by atoms with van der Waals surface area (Å²) in [6.07, 6.45) is 1.61. The number of anilines is 1. The van der Waals surface area contributed by atoms with Crippen LogP contribution in [0.5, 0.6) is 0 Å². The number of hydrogen-bond donors (Lipinski definition) is 0. The number of nitrogens with zero attached hydrogens (tertiary/aromatic N) is 1. The van der Waals surface area contributed by atoms with Crippen molar-refractivity contribution in [3.8, 4) is 0 Å². The van der Waals surface area contributed by atoms with Crippen molar-refractivity contribution in [2.45, 2.75) is 19.3 Å². The van der Waals surface area contributed by atoms with E-state index >= 15 is 0 Å². The van der Waals surface area contributed by atoms with Gasteiger partial charge in [0, 0.05) is 38.1 Å². The van der Waals surface area contributed by atoms with Gasteiger partial charge in [-0.15, -0.1) is 0 Å². The molecule has 0 radical (unpaired) electrons. The van der Waals surface area contributed by atoms with Gasteiger partial charge in [0.05, 0.1) is 12.3 Å². The molecule has 104 valence electrons. The van der Waals surface area contributed by atoms with Crippen molar-refractivity contribution in [1.29, 1.82) is 0 Å². The van der Waals surface area contributed by atoms with Gasteiger partial charge in [0.2, 0.25) is 0 Å². The number of ketones is 1. The zero-order valence-electron chi connectivity index (χ0n) is 10.9. The highest BCUT2D eigenvalue weighted by Gasteiger charge is 2.20. The molecule has 5 heteroatoms. The molecule has 0 spiro atoms. The Morgan fingerprint density at radius 1 is 1.37 bits per heavy atom. The summed E-state index contributed by atoms with van der Waals surface area (Å²) in [4.78, 5) is 13.1. The van der Waals surface area contributed by atoms with Crippen LogP contribution in [-0.4, -0.2) is 32.6 Å². The first-order valence-electron chi connectivity index (χ1n) is 6.35. The van der Waals surface area contributed by atoms with E-state index in [2.05, 4.69) is 0 Å². The predicted octanol–water partition coefficient (Wildman–Crippen LogP) is 2.84. The maximum atomic E-state index is 14.0. The predicted molar refractivity (Wildman–Crippen MR) is 73.4 cm³/mol. The van der Waals surface area contributed by atoms with Gasteiger partial charge in [-0.2, -0.15) is 0 Å². The Bertz CT molecular complexity index is 469. The average Bonchev–Trinajstić information content (AvgIpc) is 2.39. The SMILES string of the molecule is COCCc1cc(N2CCC(=O)CC2)c(F)cc1Cl. The third-order valence-corrected chi connectivity index (χ3v) is 3.71. The van der Waals surface area contributed by atoms with Gasteiger partial charge in [-0.05, 0) is 24.1 Å². The minimum absolute atomic E-state index is 0.241. The van der Waals surface area contributed by atoms with Crippen LogP contribution in [-0.2, 0) is 16.0 Å². The van der Waals surface area contributed by atoms with Crippen LogP contribution in [0.4, 0.5) is 10.1 Å². The number of benzene rings is 1. The van der Waals surface area contributed by atoms with E-state index in [0.29, 0.717) is 49.7 Å². The van der Waals surface area contributed by atoms with Crippen molar-refractivity contribution >= 4 is 23.1 Å². The topological polar surface area (TPSA) is 29.5 Å². The summed E-state index contributed by atoms with van der Waals surface area (Å²) in [6.45, 7) is 1.69. The number of ether oxygens (including phenoxy) is 1. The number of rotatable bonds is 4. The first-order valence-corrected chi connectivity index (χ1v) is 6.73. The molecular weight excluding hydrogens is 269 g/mol. The quantitative estimate of drug-likeness (QED) is 0.852. The molecule has 3 nitrogen and oxygen atoms in total. The van der Waals surface area contributed by atoms with Crippen molar-refractivity contribution in [2.75, 3.05) is 31.7 Å². The number of hydrogen-bond acceptors (Lipinski definition) is 3. The molecule has 19 heavy (non-hydrogen) atoms. The smallest absolute Gasteiger partial charge is 0.147 e. The zero-order valence-corrected chi connectivity index (χ0v) is 11.7. The molecule has 0 amide bonds. The second-order valence-electron chi connectivity index (χ2n) is 4.66. The van der Waals surface area contributed by atoms with Crippen molar-refractivity contribution in [3.63, 3.8) is 0 Å². The van der Waals surface area contributed by atoms with Crippen molar-refractivity contribution < 1.29 is 13.9 Å². The van der Waals surface area contributed by atoms with Crippen LogP contribution in [0, 0.1) is 5.82 Å². The second kappa shape index (κ2) is 6.35. The standard InChI is InChI=1S/C14H17ClFNO2/c1-19-7-4-10-8-14(13(16)9-12(10)15)17-5-2-11(18)3-6-17/h8-9H,2-7H2,1H3. The van der Waals surface area contributed by atoms with Gasteiger partial charge in [0.25, 0.3) is 0 Å². The summed E-state index contributed by atoms with van der Waals surface area (Å²) in [5.41, 5.74) is 1.40. The number of piperidine rings is 1. The molecule has 0 bridgehead atoms. The lowest BCUT2D eigenvalue weighted by Gasteiger charge is -2.29. The van der Waals surface area contributed by atoms with Crippen molar-refractivity contribution in [2.24, 2.45) is 0 Å². The normalized spacial score (nSPS) is 15.9. The van der Waals surface area contributed by atoms with Crippen LogP contribution in [0.1, 0.15) is 18.4 Å². The first kappa shape index (κ1) is 14.3. The first-order chi connectivity index (χ1) is 9.11. The monoisotopic (exact) mass is 285 g/mol. The zero-order chi connectivity index (χ0) is 13.8. The highest BCUT2D eigenvalue weighted by molar-refractivity contribution is 6.31. The Labute approximate surface area is 117 Å². The molecule has 0 aliphatic carbocycles. The fourth-order valence-corrected chi connectivity index (χ4v) is 2.47. The van der Waals surface area contributed by atoms with Crippen LogP contribution in [0.3, 0.4) is 0 Å². The lowest BCUT2D eigenvalue weighted by atomic mass is 10.1. The van der Waals surface area contributed by atoms with Crippen LogP contribution in [0.15, 0.2) is 12.1 Å². The number of Topliss-reactive ketones (excluding diaryl/α,β-unsaturated/α-hetero) is 1. The maximum Gasteiger partial charge on any atom is 0.147 e. The lowest BCUT2D eigenvalue weighted by molar-refractivity contribution is -0.119. The van der Waals surface area contributed by atoms with Gasteiger partial charge in [-0.25, -0.2) is 4.39 Å². The fraction of sp³-hybridized carbons (Fsp3) is 0.500. The molecule has 0 saturated carbocycles. The van der Waals surface area contributed by atoms with E-state index in [9.17, 15) is 9.18 Å². The molecule has 1 saturated heterocycles. The number of halogens is 2. The highest BCUT2D eigenvalue weighted by atomic mass is 35.5. The Morgan fingerprint density at radius 2 is 2.05 bits per heavy atom. The van der Waals surface area contributed by atoms with Gasteiger partial charge in [-0.1, -0.05) is 11.6 Å². The van der Waals surface area contributed by atoms with Crippen LogP contribution in [0.25, 0.3) is 0 Å². The molecule has 1 aromatic carbocycles. The molecule has 1 aliphatic heterocycles. The Hall–Kier alpha value is -1.13. The van der Waals surface area contributed by atoms with E-state index in [0.717, 1.165) is 5.56 Å². The van der Waals surface area contributed by atoms with E-state index in [1.165, 1.54) is 6.07 Å². The molecule has 1 fully saturated rings. The third kappa shape index (κ3) is 3.45. The Balaban J connectivity index is 2.21. The molecule has 2 rings (SSSR count). The van der Waals surface area contributed by atoms with E-state index in [1.807, 2.05) is 4.90 Å². The molecule has 0 atom stereocenters. The van der Waals surface area contributed by atoms with Gasteiger partial charge in [0.15, 0.2) is 0 Å². The van der Waals surface area contributed by atoms with E-state index < -0.39 is 0 Å². The summed E-state index contributed by atoms with van der Waals surface area (Å²) < 4.78 is 19.0. The minimum atomic E-state index is -0.333. The third-order valence-electron chi connectivity index (χ3n) is 3.35. The van der Waals surface area contributed by atoms with Crippen LogP contribution in [0.2, 0.25) is 5.02 Å². The van der Waals surface area contributed by atoms with Gasteiger partial charge in [0.1, 0.15) is 11.6 Å². The summed E-state index contributed by atoms with van der Waals surface area (Å²) in [6, 6.07) is 3.12. The summed E-state index contributed by atoms with van der Waals surface area (Å²) in [5, 5.41) is 0.423. The summed E-state index contributed by atoms with van der Waals surface area (Å²) in [5.74, 6) is -0.0919. The largest absolute Gasteiger partial charge is 0.384 e. The van der Waals surface area contributed by atoms with Gasteiger partial charge < -0.3 is 9.64 Å².